The van der Waals surface area contributed by atoms with Crippen molar-refractivity contribution in [2.24, 2.45) is 28.6 Å². The molecular formula is C34H42N2O12. The number of Topliss-reactive ketones (excluding diaryl/α,β-unsaturated/α-hetero) is 1. The topological polar surface area (TPSA) is 231 Å². The second-order valence-electron chi connectivity index (χ2n) is 14.2. The number of aliphatic hydroxyl groups excluding tert-OH is 2. The Balaban J connectivity index is 1.16. The number of hydrogen-bond acceptors (Lipinski definition) is 11. The van der Waals surface area contributed by atoms with Crippen molar-refractivity contribution in [1.29, 1.82) is 0 Å². The van der Waals surface area contributed by atoms with Crippen LogP contribution in [0.1, 0.15) is 83.3 Å². The molecule has 5 N–H and O–H groups in total. The fourth-order valence-corrected chi connectivity index (χ4v) is 9.24. The minimum absolute atomic E-state index is 0.0437. The first-order valence-electron chi connectivity index (χ1n) is 16.3. The zero-order valence-electron chi connectivity index (χ0n) is 26.9. The average Bonchev–Trinajstić information content (AvgIpc) is 3.31. The molecule has 14 nitrogen and oxygen atoms in total. The number of allylic oxidation sites excluding steroid dienone is 1. The third-order valence-electron chi connectivity index (χ3n) is 11.8. The summed E-state index contributed by atoms with van der Waals surface area (Å²) in [6.45, 7) is 3.17. The largest absolute Gasteiger partial charge is 0.480 e. The van der Waals surface area contributed by atoms with E-state index in [4.69, 9.17) is 4.74 Å². The highest BCUT2D eigenvalue weighted by molar-refractivity contribution is 5.92. The molecule has 0 radical (unpaired) electrons. The molecule has 5 rings (SSSR count). The molecule has 1 amide bonds. The number of hydrogen-bond donors (Lipinski definition) is 5. The molecule has 14 heteroatoms. The Morgan fingerprint density at radius 3 is 2.54 bits per heavy atom. The minimum atomic E-state index is -1.87. The van der Waals surface area contributed by atoms with E-state index in [1.54, 1.807) is 6.08 Å². The van der Waals surface area contributed by atoms with Gasteiger partial charge in [0.05, 0.1) is 17.4 Å². The molecule has 48 heavy (non-hydrogen) atoms. The summed E-state index contributed by atoms with van der Waals surface area (Å²) in [6, 6.07) is 2.79. The zero-order chi connectivity index (χ0) is 35.2. The van der Waals surface area contributed by atoms with Gasteiger partial charge in [-0.25, -0.2) is 4.79 Å². The van der Waals surface area contributed by atoms with Crippen LogP contribution in [0, 0.1) is 38.7 Å². The van der Waals surface area contributed by atoms with Gasteiger partial charge in [-0.3, -0.25) is 29.3 Å². The quantitative estimate of drug-likeness (QED) is 0.130. The van der Waals surface area contributed by atoms with Gasteiger partial charge in [-0.1, -0.05) is 31.6 Å². The van der Waals surface area contributed by atoms with Crippen molar-refractivity contribution in [1.82, 2.24) is 5.32 Å². The van der Waals surface area contributed by atoms with Gasteiger partial charge in [-0.05, 0) is 73.3 Å². The number of amides is 1. The molecule has 0 aromatic heterocycles. The lowest BCUT2D eigenvalue weighted by molar-refractivity contribution is -0.385. The third-order valence-corrected chi connectivity index (χ3v) is 11.8. The summed E-state index contributed by atoms with van der Waals surface area (Å²) < 4.78 is 5.13. The van der Waals surface area contributed by atoms with Crippen molar-refractivity contribution in [3.63, 3.8) is 0 Å². The van der Waals surface area contributed by atoms with E-state index in [2.05, 4.69) is 12.2 Å². The van der Waals surface area contributed by atoms with Gasteiger partial charge in [0, 0.05) is 30.4 Å². The van der Waals surface area contributed by atoms with E-state index in [9.17, 15) is 54.5 Å². The van der Waals surface area contributed by atoms with Crippen LogP contribution in [-0.4, -0.2) is 79.1 Å². The molecule has 4 aliphatic carbocycles. The highest BCUT2D eigenvalue weighted by Gasteiger charge is 2.68. The highest BCUT2D eigenvalue weighted by Crippen LogP contribution is 2.67. The van der Waals surface area contributed by atoms with Crippen molar-refractivity contribution in [2.75, 3.05) is 6.61 Å². The van der Waals surface area contributed by atoms with E-state index in [1.165, 1.54) is 12.1 Å². The number of aliphatic carboxylic acids is 1. The number of nitro benzene ring substituents is 1. The summed E-state index contributed by atoms with van der Waals surface area (Å²) in [7, 11) is 0. The van der Waals surface area contributed by atoms with E-state index >= 15 is 0 Å². The van der Waals surface area contributed by atoms with Crippen LogP contribution in [0.4, 0.5) is 5.69 Å². The fourth-order valence-electron chi connectivity index (χ4n) is 9.24. The minimum Gasteiger partial charge on any atom is -0.480 e. The Hall–Kier alpha value is -4.01. The SMILES string of the molecule is C[C@]12CCC(=O)C=C1CC[C@H]1[C@H]2[C@@H](O)C[C@@]2(C)[C@H]1CC[C@]2(O)C(=O)COC(=O)CCC(=O)N[C@@H](C(=O)O)[C@@H](O)c1cccc([N+](=O)[O-])c1. The average molecular weight is 671 g/mol. The molecule has 9 atom stereocenters. The van der Waals surface area contributed by atoms with Gasteiger partial charge in [0.15, 0.2) is 18.4 Å². The number of nitrogens with one attached hydrogen (secondary N) is 1. The molecule has 0 unspecified atom stereocenters. The van der Waals surface area contributed by atoms with Gasteiger partial charge in [0.2, 0.25) is 11.7 Å². The fraction of sp³-hybridized carbons (Fsp3) is 0.618. The first kappa shape index (κ1) is 35.3. The molecule has 0 aliphatic heterocycles. The lowest BCUT2D eigenvalue weighted by atomic mass is 9.45. The van der Waals surface area contributed by atoms with Crippen LogP contribution in [0.2, 0.25) is 0 Å². The summed E-state index contributed by atoms with van der Waals surface area (Å²) in [6.07, 6.45) is 1.46. The number of carbonyl (C=O) groups excluding carboxylic acids is 4. The normalized spacial score (nSPS) is 33.6. The summed E-state index contributed by atoms with van der Waals surface area (Å²) >= 11 is 0. The van der Waals surface area contributed by atoms with Gasteiger partial charge in [0.25, 0.3) is 5.69 Å². The van der Waals surface area contributed by atoms with Gasteiger partial charge in [-0.15, -0.1) is 0 Å². The number of non-ortho nitro benzene ring substituents is 1. The number of ether oxygens (including phenoxy) is 1. The second kappa shape index (κ2) is 13.1. The van der Waals surface area contributed by atoms with E-state index in [0.29, 0.717) is 19.3 Å². The van der Waals surface area contributed by atoms with Crippen molar-refractivity contribution in [2.45, 2.75) is 95.5 Å². The summed E-state index contributed by atoms with van der Waals surface area (Å²) in [5.41, 5.74) is -2.56. The van der Waals surface area contributed by atoms with Gasteiger partial charge < -0.3 is 30.5 Å². The van der Waals surface area contributed by atoms with Crippen molar-refractivity contribution in [3.8, 4) is 0 Å². The molecule has 1 aromatic carbocycles. The van der Waals surface area contributed by atoms with Crippen LogP contribution in [0.15, 0.2) is 35.9 Å². The molecule has 260 valence electrons. The molecule has 0 bridgehead atoms. The Bertz CT molecular complexity index is 1560. The molecule has 3 saturated carbocycles. The molecule has 4 aliphatic rings. The Labute approximate surface area is 276 Å². The number of esters is 1. The van der Waals surface area contributed by atoms with Crippen molar-refractivity contribution in [3.05, 3.63) is 51.6 Å². The van der Waals surface area contributed by atoms with E-state index in [0.717, 1.165) is 30.5 Å². The number of ketones is 2. The van der Waals surface area contributed by atoms with E-state index in [-0.39, 0.29) is 53.0 Å². The number of carbonyl (C=O) groups is 5. The third kappa shape index (κ3) is 6.16. The van der Waals surface area contributed by atoms with Crippen LogP contribution in [-0.2, 0) is 28.7 Å². The number of nitro groups is 1. The summed E-state index contributed by atoms with van der Waals surface area (Å²) in [5, 5.41) is 56.6. The van der Waals surface area contributed by atoms with Gasteiger partial charge >= 0.3 is 11.9 Å². The number of benzene rings is 1. The van der Waals surface area contributed by atoms with Gasteiger partial charge in [-0.2, -0.15) is 0 Å². The maximum Gasteiger partial charge on any atom is 0.329 e. The van der Waals surface area contributed by atoms with Crippen LogP contribution < -0.4 is 5.32 Å². The predicted molar refractivity (Wildman–Crippen MR) is 166 cm³/mol. The maximum atomic E-state index is 13.5. The Morgan fingerprint density at radius 2 is 1.85 bits per heavy atom. The Morgan fingerprint density at radius 1 is 1.12 bits per heavy atom. The summed E-state index contributed by atoms with van der Waals surface area (Å²) in [4.78, 5) is 72.7. The second-order valence-corrected chi connectivity index (χ2v) is 14.2. The number of rotatable bonds is 11. The number of carboxylic acids is 1. The first-order chi connectivity index (χ1) is 22.5. The summed E-state index contributed by atoms with van der Waals surface area (Å²) in [5.74, 6) is -4.19. The van der Waals surface area contributed by atoms with Crippen LogP contribution >= 0.6 is 0 Å². The smallest absolute Gasteiger partial charge is 0.329 e. The predicted octanol–water partition coefficient (Wildman–Crippen LogP) is 2.32. The monoisotopic (exact) mass is 670 g/mol. The molecule has 3 fully saturated rings. The molecule has 0 spiro atoms. The molecule has 1 aromatic rings. The highest BCUT2D eigenvalue weighted by atomic mass is 16.6. The zero-order valence-corrected chi connectivity index (χ0v) is 26.9. The van der Waals surface area contributed by atoms with Crippen LogP contribution in [0.25, 0.3) is 0 Å². The maximum absolute atomic E-state index is 13.5. The lowest BCUT2D eigenvalue weighted by Crippen LogP contribution is -2.62. The lowest BCUT2D eigenvalue weighted by Gasteiger charge is -2.60. The molecule has 0 heterocycles. The van der Waals surface area contributed by atoms with Crippen LogP contribution in [0.3, 0.4) is 0 Å². The van der Waals surface area contributed by atoms with E-state index in [1.807, 2.05) is 6.92 Å². The van der Waals surface area contributed by atoms with Crippen LogP contribution in [0.5, 0.6) is 0 Å². The van der Waals surface area contributed by atoms with Gasteiger partial charge in [0.1, 0.15) is 11.7 Å². The number of nitrogens with zero attached hydrogens (tertiary/aromatic N) is 1. The first-order valence-corrected chi connectivity index (χ1v) is 16.3. The number of fused-ring (bicyclic) bond motifs is 5. The van der Waals surface area contributed by atoms with E-state index < -0.39 is 77.3 Å². The Kier molecular flexibility index (Phi) is 9.65. The molecular weight excluding hydrogens is 628 g/mol. The van der Waals surface area contributed by atoms with Crippen molar-refractivity contribution < 1.29 is 54.1 Å². The standard InChI is InChI=1S/C34H42N2O12/c1-32-12-10-21(37)15-19(32)6-7-22-23-11-13-34(45,33(23,2)16-24(38)28(22)32)25(39)17-48-27(41)9-8-26(40)35-29(31(43)44)30(42)18-4-3-5-20(14-18)36(46)47/h3-5,14-15,22-24,28-30,38,42,45H,6-13,16-17H2,1-2H3,(H,35,40)(H,43,44)/t22-,23+,24+,28+,29-,30+,32+,33+,34+/m1/s1. The molecule has 0 saturated heterocycles. The number of aliphatic hydroxyl groups is 3. The van der Waals surface area contributed by atoms with Crippen molar-refractivity contribution >= 4 is 35.1 Å². The number of carboxylic acid groups (broad SMARTS) is 1.